The summed E-state index contributed by atoms with van der Waals surface area (Å²) in [4.78, 5) is 10.9. The molecular weight excluding hydrogens is 156 g/mol. The second-order valence-corrected chi connectivity index (χ2v) is 2.15. The van der Waals surface area contributed by atoms with Gasteiger partial charge in [0.2, 0.25) is 0 Å². The molecule has 3 heteroatoms. The topological polar surface area (TPSA) is 35.5 Å². The maximum Gasteiger partial charge on any atom is 0.334 e. The minimum absolute atomic E-state index is 0.331. The summed E-state index contributed by atoms with van der Waals surface area (Å²) in [5.41, 5.74) is 0. The molecule has 0 aliphatic heterocycles. The minimum atomic E-state index is -0.331. The molecule has 0 radical (unpaired) electrons. The Hall–Kier alpha value is -0.990. The van der Waals surface area contributed by atoms with Gasteiger partial charge in [0.25, 0.3) is 0 Å². The minimum Gasteiger partial charge on any atom is -0.498 e. The summed E-state index contributed by atoms with van der Waals surface area (Å²) in [7, 11) is 0. The fraction of sp³-hybridized carbons (Fsp3) is 0.667. The summed E-state index contributed by atoms with van der Waals surface area (Å²) < 4.78 is 9.89. The molecule has 0 aromatic rings. The average Bonchev–Trinajstić information content (AvgIpc) is 2.04. The zero-order valence-corrected chi connectivity index (χ0v) is 7.92. The van der Waals surface area contributed by atoms with Gasteiger partial charge in [0.05, 0.1) is 19.3 Å². The Labute approximate surface area is 73.4 Å². The van der Waals surface area contributed by atoms with E-state index in [0.717, 1.165) is 0 Å². The molecule has 70 valence electrons. The first kappa shape index (κ1) is 11.0. The maximum atomic E-state index is 10.9. The van der Waals surface area contributed by atoms with Crippen molar-refractivity contribution in [2.45, 2.75) is 27.2 Å². The Balaban J connectivity index is 3.98. The molecule has 0 bridgehead atoms. The van der Waals surface area contributed by atoms with Gasteiger partial charge in [-0.3, -0.25) is 0 Å². The van der Waals surface area contributed by atoms with E-state index in [1.165, 1.54) is 6.08 Å². The van der Waals surface area contributed by atoms with Crippen molar-refractivity contribution in [2.75, 3.05) is 13.2 Å². The largest absolute Gasteiger partial charge is 0.498 e. The molecule has 0 spiro atoms. The third-order valence-electron chi connectivity index (χ3n) is 1.24. The molecule has 0 heterocycles. The second kappa shape index (κ2) is 6.70. The van der Waals surface area contributed by atoms with Crippen LogP contribution in [0.15, 0.2) is 11.8 Å². The van der Waals surface area contributed by atoms with Gasteiger partial charge in [-0.15, -0.1) is 0 Å². The summed E-state index contributed by atoms with van der Waals surface area (Å²) in [6.07, 6.45) is 2.11. The summed E-state index contributed by atoms with van der Waals surface area (Å²) in [5, 5.41) is 0. The first-order chi connectivity index (χ1) is 5.74. The van der Waals surface area contributed by atoms with Crippen LogP contribution in [0.2, 0.25) is 0 Å². The van der Waals surface area contributed by atoms with Crippen molar-refractivity contribution in [2.24, 2.45) is 0 Å². The van der Waals surface area contributed by atoms with E-state index < -0.39 is 0 Å². The van der Waals surface area contributed by atoms with Gasteiger partial charge < -0.3 is 9.47 Å². The van der Waals surface area contributed by atoms with Crippen molar-refractivity contribution in [3.63, 3.8) is 0 Å². The SMILES string of the molecule is CCOC(=O)C=C(CC)OCC. The third-order valence-corrected chi connectivity index (χ3v) is 1.24. The van der Waals surface area contributed by atoms with Crippen molar-refractivity contribution in [3.05, 3.63) is 11.8 Å². The molecule has 0 N–H and O–H groups in total. The Kier molecular flexibility index (Phi) is 6.15. The summed E-state index contributed by atoms with van der Waals surface area (Å²) >= 11 is 0. The monoisotopic (exact) mass is 172 g/mol. The van der Waals surface area contributed by atoms with E-state index in [1.54, 1.807) is 6.92 Å². The molecule has 0 unspecified atom stereocenters. The molecule has 0 fully saturated rings. The van der Waals surface area contributed by atoms with Gasteiger partial charge in [-0.25, -0.2) is 4.79 Å². The van der Waals surface area contributed by atoms with Crippen LogP contribution in [0.25, 0.3) is 0 Å². The summed E-state index contributed by atoms with van der Waals surface area (Å²) in [6.45, 7) is 6.57. The molecule has 0 aromatic heterocycles. The fourth-order valence-corrected chi connectivity index (χ4v) is 0.747. The lowest BCUT2D eigenvalue weighted by Crippen LogP contribution is -2.02. The predicted molar refractivity (Wildman–Crippen MR) is 46.6 cm³/mol. The van der Waals surface area contributed by atoms with E-state index >= 15 is 0 Å². The number of esters is 1. The molecule has 12 heavy (non-hydrogen) atoms. The van der Waals surface area contributed by atoms with E-state index in [4.69, 9.17) is 9.47 Å². The highest BCUT2D eigenvalue weighted by atomic mass is 16.5. The van der Waals surface area contributed by atoms with Crippen LogP contribution in [-0.2, 0) is 14.3 Å². The van der Waals surface area contributed by atoms with Crippen LogP contribution in [0.5, 0.6) is 0 Å². The number of ether oxygens (including phenoxy) is 2. The van der Waals surface area contributed by atoms with Crippen LogP contribution >= 0.6 is 0 Å². The van der Waals surface area contributed by atoms with E-state index in [9.17, 15) is 4.79 Å². The summed E-state index contributed by atoms with van der Waals surface area (Å²) in [6, 6.07) is 0. The molecule has 0 amide bonds. The van der Waals surface area contributed by atoms with Gasteiger partial charge in [0.15, 0.2) is 0 Å². The van der Waals surface area contributed by atoms with Gasteiger partial charge in [0.1, 0.15) is 5.76 Å². The van der Waals surface area contributed by atoms with Gasteiger partial charge in [-0.2, -0.15) is 0 Å². The van der Waals surface area contributed by atoms with Crippen molar-refractivity contribution >= 4 is 5.97 Å². The lowest BCUT2D eigenvalue weighted by atomic mass is 10.3. The third kappa shape index (κ3) is 4.77. The van der Waals surface area contributed by atoms with Crippen molar-refractivity contribution in [3.8, 4) is 0 Å². The molecule has 0 rings (SSSR count). The molecule has 0 aromatic carbocycles. The molecule has 0 saturated carbocycles. The standard InChI is InChI=1S/C9H16O3/c1-4-8(11-5-2)7-9(10)12-6-3/h7H,4-6H2,1-3H3. The quantitative estimate of drug-likeness (QED) is 0.361. The van der Waals surface area contributed by atoms with Gasteiger partial charge in [-0.05, 0) is 13.8 Å². The highest BCUT2D eigenvalue weighted by Gasteiger charge is 2.00. The van der Waals surface area contributed by atoms with Crippen LogP contribution in [0.4, 0.5) is 0 Å². The first-order valence-electron chi connectivity index (χ1n) is 4.24. The van der Waals surface area contributed by atoms with Crippen LogP contribution in [0, 0.1) is 0 Å². The molecular formula is C9H16O3. The number of rotatable bonds is 5. The first-order valence-corrected chi connectivity index (χ1v) is 4.24. The normalized spacial score (nSPS) is 11.1. The molecule has 0 aliphatic carbocycles. The molecule has 0 saturated heterocycles. The molecule has 3 nitrogen and oxygen atoms in total. The van der Waals surface area contributed by atoms with Crippen molar-refractivity contribution < 1.29 is 14.3 Å². The van der Waals surface area contributed by atoms with Gasteiger partial charge in [-0.1, -0.05) is 6.92 Å². The van der Waals surface area contributed by atoms with Crippen molar-refractivity contribution in [1.82, 2.24) is 0 Å². The lowest BCUT2D eigenvalue weighted by molar-refractivity contribution is -0.137. The Morgan fingerprint density at radius 3 is 2.17 bits per heavy atom. The van der Waals surface area contributed by atoms with Gasteiger partial charge >= 0.3 is 5.97 Å². The van der Waals surface area contributed by atoms with E-state index in [-0.39, 0.29) is 5.97 Å². The predicted octanol–water partition coefficient (Wildman–Crippen LogP) is 1.88. The van der Waals surface area contributed by atoms with E-state index in [1.807, 2.05) is 13.8 Å². The highest BCUT2D eigenvalue weighted by Crippen LogP contribution is 2.02. The summed E-state index contributed by atoms with van der Waals surface area (Å²) in [5.74, 6) is 0.346. The molecule has 0 aliphatic rings. The number of carbonyl (C=O) groups is 1. The fourth-order valence-electron chi connectivity index (χ4n) is 0.747. The van der Waals surface area contributed by atoms with Crippen LogP contribution in [0.3, 0.4) is 0 Å². The number of hydrogen-bond acceptors (Lipinski definition) is 3. The second-order valence-electron chi connectivity index (χ2n) is 2.15. The van der Waals surface area contributed by atoms with Gasteiger partial charge in [0, 0.05) is 6.42 Å². The Morgan fingerprint density at radius 2 is 1.75 bits per heavy atom. The molecule has 0 atom stereocenters. The average molecular weight is 172 g/mol. The van der Waals surface area contributed by atoms with E-state index in [2.05, 4.69) is 0 Å². The lowest BCUT2D eigenvalue weighted by Gasteiger charge is -2.04. The van der Waals surface area contributed by atoms with Crippen molar-refractivity contribution in [1.29, 1.82) is 0 Å². The zero-order valence-electron chi connectivity index (χ0n) is 7.92. The zero-order chi connectivity index (χ0) is 9.40. The van der Waals surface area contributed by atoms with Crippen LogP contribution < -0.4 is 0 Å². The maximum absolute atomic E-state index is 10.9. The Bertz CT molecular complexity index is 161. The Morgan fingerprint density at radius 1 is 1.17 bits per heavy atom. The van der Waals surface area contributed by atoms with Crippen LogP contribution in [-0.4, -0.2) is 19.2 Å². The van der Waals surface area contributed by atoms with E-state index in [0.29, 0.717) is 25.4 Å². The number of carbonyl (C=O) groups excluding carboxylic acids is 1. The number of allylic oxidation sites excluding steroid dienone is 1. The smallest absolute Gasteiger partial charge is 0.334 e. The number of hydrogen-bond donors (Lipinski definition) is 0. The van der Waals surface area contributed by atoms with Crippen LogP contribution in [0.1, 0.15) is 27.2 Å². The highest BCUT2D eigenvalue weighted by molar-refractivity contribution is 5.82.